The van der Waals surface area contributed by atoms with E-state index in [-0.39, 0.29) is 22.9 Å². The molecule has 0 radical (unpaired) electrons. The Labute approximate surface area is 428 Å². The molecule has 2 N–H and O–H groups in total. The maximum atomic E-state index is 13.2. The molecule has 4 aliphatic rings. The molecule has 16 heteroatoms. The normalized spacial score (nSPS) is 19.2. The minimum Gasteiger partial charge on any atom is -0.411 e. The number of anilines is 2. The van der Waals surface area contributed by atoms with Gasteiger partial charge < -0.3 is 30.0 Å². The number of hydrogen-bond acceptors (Lipinski definition) is 11. The second-order valence-corrected chi connectivity index (χ2v) is 21.3. The number of hydrogen-bond donors (Lipinski definition) is 2. The molecule has 2 aromatic heterocycles. The molecule has 2 amide bonds. The SMILES string of the molecule is CCO/N=C(/c1ccc(Br)cc1)C1CCN(C2(C)CCN(C(=O)c3c(C)nn(O)c3C)CC2)CC1.Cc1nn(O)c(C)c1C(=O)N1CCC(C)(N2CCC(N(c3ccccc3)c3ccccc3)CC2)CC1. The van der Waals surface area contributed by atoms with Crippen molar-refractivity contribution in [2.75, 3.05) is 63.9 Å². The van der Waals surface area contributed by atoms with Crippen LogP contribution in [0.4, 0.5) is 11.4 Å². The molecule has 0 saturated carbocycles. The fraction of sp³-hybridized carbons (Fsp3) is 0.509. The lowest BCUT2D eigenvalue weighted by Gasteiger charge is -2.50. The van der Waals surface area contributed by atoms with Crippen molar-refractivity contribution >= 4 is 44.8 Å². The molecule has 6 heterocycles. The van der Waals surface area contributed by atoms with Crippen LogP contribution in [0.5, 0.6) is 0 Å². The molecule has 380 valence electrons. The van der Waals surface area contributed by atoms with Crippen LogP contribution < -0.4 is 4.90 Å². The number of carbonyl (C=O) groups is 2. The quantitative estimate of drug-likeness (QED) is 0.0745. The molecule has 0 aliphatic carbocycles. The first-order valence-electron chi connectivity index (χ1n) is 25.6. The number of likely N-dealkylation sites (tertiary alicyclic amines) is 4. The average Bonchev–Trinajstić information content (AvgIpc) is 3.80. The molecule has 4 aliphatic heterocycles. The summed E-state index contributed by atoms with van der Waals surface area (Å²) in [7, 11) is 0. The van der Waals surface area contributed by atoms with Crippen LogP contribution in [0.1, 0.15) is 121 Å². The summed E-state index contributed by atoms with van der Waals surface area (Å²) in [6.07, 6.45) is 8.06. The van der Waals surface area contributed by atoms with Crippen LogP contribution >= 0.6 is 15.9 Å². The minimum atomic E-state index is -0.0349. The number of oxime groups is 1. The van der Waals surface area contributed by atoms with Crippen molar-refractivity contribution in [1.29, 1.82) is 0 Å². The number of nitrogens with zero attached hydrogens (tertiary/aromatic N) is 10. The largest absolute Gasteiger partial charge is 0.411 e. The van der Waals surface area contributed by atoms with E-state index in [9.17, 15) is 20.0 Å². The average molecular weight is 1030 g/mol. The lowest BCUT2D eigenvalue weighted by atomic mass is 9.82. The molecule has 0 unspecified atom stereocenters. The van der Waals surface area contributed by atoms with Crippen LogP contribution in [0.25, 0.3) is 0 Å². The van der Waals surface area contributed by atoms with E-state index in [4.69, 9.17) is 4.84 Å². The van der Waals surface area contributed by atoms with Gasteiger partial charge in [0, 0.05) is 78.2 Å². The van der Waals surface area contributed by atoms with Gasteiger partial charge in [-0.25, -0.2) is 0 Å². The van der Waals surface area contributed by atoms with Crippen molar-refractivity contribution < 1.29 is 24.8 Å². The van der Waals surface area contributed by atoms with Crippen LogP contribution in [-0.2, 0) is 4.84 Å². The van der Waals surface area contributed by atoms with Gasteiger partial charge in [-0.05, 0) is 155 Å². The first kappa shape index (κ1) is 51.6. The maximum absolute atomic E-state index is 13.2. The maximum Gasteiger partial charge on any atom is 0.257 e. The second kappa shape index (κ2) is 22.4. The van der Waals surface area contributed by atoms with Gasteiger partial charge >= 0.3 is 0 Å². The molecule has 9 rings (SSSR count). The second-order valence-electron chi connectivity index (χ2n) is 20.4. The number of rotatable bonds is 11. The summed E-state index contributed by atoms with van der Waals surface area (Å²) in [4.78, 5) is 45.0. The Hall–Kier alpha value is -5.71. The Bertz CT molecular complexity index is 2560. The fourth-order valence-electron chi connectivity index (χ4n) is 11.4. The summed E-state index contributed by atoms with van der Waals surface area (Å²) in [5.41, 5.74) is 8.03. The summed E-state index contributed by atoms with van der Waals surface area (Å²) in [5, 5.41) is 32.2. The van der Waals surface area contributed by atoms with Crippen molar-refractivity contribution in [1.82, 2.24) is 39.5 Å². The summed E-state index contributed by atoms with van der Waals surface area (Å²) >= 11 is 3.52. The molecule has 0 bridgehead atoms. The predicted octanol–water partition coefficient (Wildman–Crippen LogP) is 9.68. The van der Waals surface area contributed by atoms with E-state index >= 15 is 0 Å². The van der Waals surface area contributed by atoms with Gasteiger partial charge in [-0.15, -0.1) is 19.9 Å². The number of piperidine rings is 4. The molecule has 71 heavy (non-hydrogen) atoms. The molecule has 0 atom stereocenters. The van der Waals surface area contributed by atoms with Gasteiger partial charge in [-0.2, -0.15) is 0 Å². The predicted molar refractivity (Wildman–Crippen MR) is 281 cm³/mol. The van der Waals surface area contributed by atoms with Crippen molar-refractivity contribution in [2.45, 2.75) is 117 Å². The lowest BCUT2D eigenvalue weighted by Crippen LogP contribution is -2.57. The van der Waals surface area contributed by atoms with Crippen molar-refractivity contribution in [3.63, 3.8) is 0 Å². The van der Waals surface area contributed by atoms with Gasteiger partial charge in [0.15, 0.2) is 0 Å². The van der Waals surface area contributed by atoms with E-state index in [1.165, 1.54) is 11.4 Å². The summed E-state index contributed by atoms with van der Waals surface area (Å²) in [6.45, 7) is 21.2. The Balaban J connectivity index is 0.000000191. The highest BCUT2D eigenvalue weighted by Crippen LogP contribution is 2.38. The van der Waals surface area contributed by atoms with Crippen molar-refractivity contribution in [2.24, 2.45) is 11.1 Å². The molecular weight excluding hydrogens is 961 g/mol. The molecule has 4 saturated heterocycles. The van der Waals surface area contributed by atoms with Gasteiger partial charge in [0.1, 0.15) is 6.61 Å². The standard InChI is InChI=1S/C29H37N5O2.C26H36BrN5O3/c1-22-27(23(2)34(36)30-22)28(35)31-20-16-29(3,17-21-31)32-18-14-26(15-19-32)33(24-10-6-4-7-11-24)25-12-8-5-9-13-25;1-5-35-29-24(20-6-8-22(27)9-7-20)21-10-14-31(15-11-21)26(4)12-16-30(17-13-26)25(33)23-18(2)28-32(34)19(23)3/h4-13,26,36H,14-21H2,1-3H3;6-9,21,34H,5,10-17H2,1-4H3/b;29-24-. The lowest BCUT2D eigenvalue weighted by molar-refractivity contribution is 0.0159. The zero-order valence-corrected chi connectivity index (χ0v) is 44.3. The number of halogens is 1. The topological polar surface area (TPSA) is 148 Å². The third-order valence-corrected chi connectivity index (χ3v) is 16.5. The Morgan fingerprint density at radius 3 is 1.44 bits per heavy atom. The summed E-state index contributed by atoms with van der Waals surface area (Å²) in [5.74, 6) is 0.310. The summed E-state index contributed by atoms with van der Waals surface area (Å²) < 4.78 is 1.06. The van der Waals surface area contributed by atoms with Crippen LogP contribution in [0.2, 0.25) is 0 Å². The first-order valence-corrected chi connectivity index (χ1v) is 26.3. The Kier molecular flexibility index (Phi) is 16.3. The number of para-hydroxylation sites is 2. The highest BCUT2D eigenvalue weighted by molar-refractivity contribution is 9.10. The number of amides is 2. The van der Waals surface area contributed by atoms with E-state index in [1.54, 1.807) is 27.7 Å². The smallest absolute Gasteiger partial charge is 0.257 e. The van der Waals surface area contributed by atoms with E-state index in [1.807, 2.05) is 16.7 Å². The number of carbonyl (C=O) groups excluding carboxylic acids is 2. The van der Waals surface area contributed by atoms with Gasteiger partial charge in [-0.3, -0.25) is 19.4 Å². The van der Waals surface area contributed by atoms with Gasteiger partial charge in [-0.1, -0.05) is 69.6 Å². The highest BCUT2D eigenvalue weighted by atomic mass is 79.9. The van der Waals surface area contributed by atoms with Gasteiger partial charge in [0.2, 0.25) is 0 Å². The van der Waals surface area contributed by atoms with E-state index in [0.29, 0.717) is 65.6 Å². The van der Waals surface area contributed by atoms with Gasteiger partial charge in [0.05, 0.1) is 39.6 Å². The van der Waals surface area contributed by atoms with E-state index in [2.05, 4.69) is 145 Å². The molecule has 0 spiro atoms. The molecule has 15 nitrogen and oxygen atoms in total. The monoisotopic (exact) mass is 1030 g/mol. The zero-order chi connectivity index (χ0) is 50.5. The fourth-order valence-corrected chi connectivity index (χ4v) is 11.7. The van der Waals surface area contributed by atoms with Crippen LogP contribution in [0.15, 0.2) is 94.6 Å². The molecular formula is C55H73BrN10O5. The number of aromatic nitrogens is 4. The van der Waals surface area contributed by atoms with Crippen LogP contribution in [-0.4, -0.2) is 144 Å². The first-order chi connectivity index (χ1) is 34.1. The van der Waals surface area contributed by atoms with Crippen molar-refractivity contribution in [3.05, 3.63) is 129 Å². The highest BCUT2D eigenvalue weighted by Gasteiger charge is 2.42. The Morgan fingerprint density at radius 1 is 0.648 bits per heavy atom. The number of aryl methyl sites for hydroxylation is 2. The van der Waals surface area contributed by atoms with Crippen LogP contribution in [0, 0.1) is 33.6 Å². The Morgan fingerprint density at radius 2 is 1.06 bits per heavy atom. The van der Waals surface area contributed by atoms with E-state index in [0.717, 1.165) is 116 Å². The third kappa shape index (κ3) is 11.3. The molecule has 3 aromatic carbocycles. The third-order valence-electron chi connectivity index (χ3n) is 16.0. The van der Waals surface area contributed by atoms with Crippen molar-refractivity contribution in [3.8, 4) is 0 Å². The van der Waals surface area contributed by atoms with E-state index < -0.39 is 0 Å². The number of benzene rings is 3. The summed E-state index contributed by atoms with van der Waals surface area (Å²) in [6, 6.07) is 30.2. The molecule has 5 aromatic rings. The van der Waals surface area contributed by atoms with Crippen LogP contribution in [0.3, 0.4) is 0 Å². The zero-order valence-electron chi connectivity index (χ0n) is 42.7. The van der Waals surface area contributed by atoms with Gasteiger partial charge in [0.25, 0.3) is 11.8 Å². The molecule has 4 fully saturated rings. The minimum absolute atomic E-state index is 0.0209.